The second-order valence-electron chi connectivity index (χ2n) is 6.35. The van der Waals surface area contributed by atoms with Gasteiger partial charge in [0, 0.05) is 39.4 Å². The summed E-state index contributed by atoms with van der Waals surface area (Å²) < 4.78 is 7.41. The normalized spacial score (nSPS) is 23.7. The molecule has 2 aliphatic rings. The van der Waals surface area contributed by atoms with Crippen molar-refractivity contribution in [3.8, 4) is 0 Å². The van der Waals surface area contributed by atoms with Gasteiger partial charge in [-0.05, 0) is 37.7 Å². The molecule has 1 aromatic rings. The Morgan fingerprint density at radius 3 is 2.86 bits per heavy atom. The number of hydrogen-bond acceptors (Lipinski definition) is 4. The molecule has 0 aliphatic carbocycles. The van der Waals surface area contributed by atoms with Crippen LogP contribution in [0.1, 0.15) is 36.2 Å². The summed E-state index contributed by atoms with van der Waals surface area (Å²) in [6.07, 6.45) is 6.60. The van der Waals surface area contributed by atoms with Crippen molar-refractivity contribution in [2.45, 2.75) is 31.8 Å². The molecule has 1 aromatic heterocycles. The van der Waals surface area contributed by atoms with E-state index in [1.807, 2.05) is 11.9 Å². The van der Waals surface area contributed by atoms with Crippen molar-refractivity contribution < 1.29 is 9.53 Å². The number of likely N-dealkylation sites (tertiary alicyclic amines) is 1. The Labute approximate surface area is 131 Å². The van der Waals surface area contributed by atoms with Crippen molar-refractivity contribution >= 4 is 5.91 Å². The van der Waals surface area contributed by atoms with Gasteiger partial charge in [-0.1, -0.05) is 0 Å². The summed E-state index contributed by atoms with van der Waals surface area (Å²) in [5.41, 5.74) is 0.681. The lowest BCUT2D eigenvalue weighted by Crippen LogP contribution is -2.40. The molecule has 0 aromatic carbocycles. The first-order valence-electron chi connectivity index (χ1n) is 8.33. The Bertz CT molecular complexity index is 488. The standard InChI is InChI=1S/C16H26N4O2/c1-19-15(4-7-18-19)16(21)20-9-5-13(6-10-20)2-3-14-12-17-8-11-22-14/h4,7,13-14,17H,2-3,5-6,8-12H2,1H3. The molecule has 2 saturated heterocycles. The van der Waals surface area contributed by atoms with E-state index in [2.05, 4.69) is 10.4 Å². The summed E-state index contributed by atoms with van der Waals surface area (Å²) >= 11 is 0. The number of rotatable bonds is 4. The number of amides is 1. The number of ether oxygens (including phenoxy) is 1. The highest BCUT2D eigenvalue weighted by Crippen LogP contribution is 2.24. The summed E-state index contributed by atoms with van der Waals surface area (Å²) in [6.45, 7) is 4.52. The van der Waals surface area contributed by atoms with Gasteiger partial charge >= 0.3 is 0 Å². The first-order chi connectivity index (χ1) is 10.7. The van der Waals surface area contributed by atoms with Crippen LogP contribution in [0.25, 0.3) is 0 Å². The van der Waals surface area contributed by atoms with Gasteiger partial charge in [-0.15, -0.1) is 0 Å². The maximum Gasteiger partial charge on any atom is 0.272 e. The third kappa shape index (κ3) is 3.67. The molecule has 1 atom stereocenters. The number of carbonyl (C=O) groups is 1. The minimum absolute atomic E-state index is 0.110. The van der Waals surface area contributed by atoms with E-state index < -0.39 is 0 Å². The monoisotopic (exact) mass is 306 g/mol. The second-order valence-corrected chi connectivity index (χ2v) is 6.35. The molecule has 22 heavy (non-hydrogen) atoms. The molecule has 1 amide bonds. The van der Waals surface area contributed by atoms with Gasteiger partial charge in [0.25, 0.3) is 5.91 Å². The smallest absolute Gasteiger partial charge is 0.272 e. The second kappa shape index (κ2) is 7.24. The maximum atomic E-state index is 12.4. The average Bonchev–Trinajstić information content (AvgIpc) is 3.00. The van der Waals surface area contributed by atoms with Crippen LogP contribution in [-0.4, -0.2) is 59.5 Å². The molecule has 0 spiro atoms. The topological polar surface area (TPSA) is 59.4 Å². The van der Waals surface area contributed by atoms with E-state index >= 15 is 0 Å². The number of hydrogen-bond donors (Lipinski definition) is 1. The highest BCUT2D eigenvalue weighted by molar-refractivity contribution is 5.92. The lowest BCUT2D eigenvalue weighted by atomic mass is 9.90. The van der Waals surface area contributed by atoms with E-state index in [1.165, 1.54) is 6.42 Å². The first-order valence-corrected chi connectivity index (χ1v) is 8.33. The van der Waals surface area contributed by atoms with E-state index in [1.54, 1.807) is 16.9 Å². The first kappa shape index (κ1) is 15.5. The van der Waals surface area contributed by atoms with E-state index in [4.69, 9.17) is 4.74 Å². The molecule has 0 bridgehead atoms. The van der Waals surface area contributed by atoms with E-state index in [-0.39, 0.29) is 5.91 Å². The van der Waals surface area contributed by atoms with E-state index in [0.717, 1.165) is 58.0 Å². The highest BCUT2D eigenvalue weighted by Gasteiger charge is 2.25. The van der Waals surface area contributed by atoms with Crippen LogP contribution < -0.4 is 5.32 Å². The third-order valence-electron chi connectivity index (χ3n) is 4.84. The van der Waals surface area contributed by atoms with E-state index in [9.17, 15) is 4.79 Å². The molecule has 0 saturated carbocycles. The number of nitrogens with one attached hydrogen (secondary N) is 1. The molecule has 122 valence electrons. The molecular formula is C16H26N4O2. The quantitative estimate of drug-likeness (QED) is 0.903. The Kier molecular flexibility index (Phi) is 5.10. The zero-order valence-electron chi connectivity index (χ0n) is 13.3. The molecule has 3 heterocycles. The summed E-state index contributed by atoms with van der Waals surface area (Å²) in [4.78, 5) is 14.4. The molecular weight excluding hydrogens is 280 g/mol. The number of aromatic nitrogens is 2. The number of morpholine rings is 1. The third-order valence-corrected chi connectivity index (χ3v) is 4.84. The molecule has 0 radical (unpaired) electrons. The maximum absolute atomic E-state index is 12.4. The zero-order chi connectivity index (χ0) is 15.4. The van der Waals surface area contributed by atoms with Crippen molar-refractivity contribution in [1.82, 2.24) is 20.0 Å². The highest BCUT2D eigenvalue weighted by atomic mass is 16.5. The predicted molar refractivity (Wildman–Crippen MR) is 83.7 cm³/mol. The van der Waals surface area contributed by atoms with Gasteiger partial charge in [0.15, 0.2) is 0 Å². The summed E-state index contributed by atoms with van der Waals surface area (Å²) in [6, 6.07) is 1.79. The number of nitrogens with zero attached hydrogens (tertiary/aromatic N) is 3. The minimum atomic E-state index is 0.110. The molecule has 3 rings (SSSR count). The number of carbonyl (C=O) groups excluding carboxylic acids is 1. The van der Waals surface area contributed by atoms with Gasteiger partial charge in [-0.3, -0.25) is 9.48 Å². The van der Waals surface area contributed by atoms with Crippen LogP contribution in [-0.2, 0) is 11.8 Å². The van der Waals surface area contributed by atoms with Crippen LogP contribution in [0.4, 0.5) is 0 Å². The van der Waals surface area contributed by atoms with Crippen LogP contribution in [0.5, 0.6) is 0 Å². The predicted octanol–water partition coefficient (Wildman–Crippen LogP) is 1.04. The largest absolute Gasteiger partial charge is 0.376 e. The van der Waals surface area contributed by atoms with Crippen LogP contribution in [0.2, 0.25) is 0 Å². The van der Waals surface area contributed by atoms with Gasteiger partial charge in [-0.2, -0.15) is 5.10 Å². The Morgan fingerprint density at radius 1 is 1.41 bits per heavy atom. The van der Waals surface area contributed by atoms with Crippen LogP contribution >= 0.6 is 0 Å². The van der Waals surface area contributed by atoms with Crippen molar-refractivity contribution in [1.29, 1.82) is 0 Å². The van der Waals surface area contributed by atoms with Crippen LogP contribution in [0.15, 0.2) is 12.3 Å². The lowest BCUT2D eigenvalue weighted by Gasteiger charge is -2.33. The summed E-state index contributed by atoms with van der Waals surface area (Å²) in [5.74, 6) is 0.833. The fourth-order valence-electron chi connectivity index (χ4n) is 3.40. The van der Waals surface area contributed by atoms with Gasteiger partial charge in [-0.25, -0.2) is 0 Å². The Hall–Kier alpha value is -1.40. The van der Waals surface area contributed by atoms with Gasteiger partial charge in [0.1, 0.15) is 5.69 Å². The van der Waals surface area contributed by atoms with Crippen LogP contribution in [0.3, 0.4) is 0 Å². The van der Waals surface area contributed by atoms with Gasteiger partial charge < -0.3 is 15.0 Å². The minimum Gasteiger partial charge on any atom is -0.376 e. The fraction of sp³-hybridized carbons (Fsp3) is 0.750. The molecule has 2 aliphatic heterocycles. The van der Waals surface area contributed by atoms with Crippen molar-refractivity contribution in [3.63, 3.8) is 0 Å². The van der Waals surface area contributed by atoms with Crippen molar-refractivity contribution in [2.24, 2.45) is 13.0 Å². The van der Waals surface area contributed by atoms with Gasteiger partial charge in [0.05, 0.1) is 12.7 Å². The summed E-state index contributed by atoms with van der Waals surface area (Å²) in [7, 11) is 1.82. The Balaban J connectivity index is 1.42. The molecule has 6 nitrogen and oxygen atoms in total. The zero-order valence-corrected chi connectivity index (χ0v) is 13.3. The van der Waals surface area contributed by atoms with E-state index in [0.29, 0.717) is 11.8 Å². The number of aryl methyl sites for hydroxylation is 1. The summed E-state index contributed by atoms with van der Waals surface area (Å²) in [5, 5.41) is 7.46. The molecule has 2 fully saturated rings. The Morgan fingerprint density at radius 2 is 2.23 bits per heavy atom. The number of piperidine rings is 1. The molecule has 6 heteroatoms. The van der Waals surface area contributed by atoms with Gasteiger partial charge in [0.2, 0.25) is 0 Å². The SMILES string of the molecule is Cn1nccc1C(=O)N1CCC(CCC2CNCCO2)CC1. The van der Waals surface area contributed by atoms with Crippen molar-refractivity contribution in [3.05, 3.63) is 18.0 Å². The average molecular weight is 306 g/mol. The van der Waals surface area contributed by atoms with Crippen molar-refractivity contribution in [2.75, 3.05) is 32.8 Å². The van der Waals surface area contributed by atoms with Crippen LogP contribution in [0, 0.1) is 5.92 Å². The lowest BCUT2D eigenvalue weighted by molar-refractivity contribution is 0.0175. The molecule has 1 unspecified atom stereocenters. The molecule has 1 N–H and O–H groups in total. The fourth-order valence-corrected chi connectivity index (χ4v) is 3.40.